The van der Waals surface area contributed by atoms with Gasteiger partial charge in [0, 0.05) is 6.20 Å². The highest BCUT2D eigenvalue weighted by Gasteiger charge is 2.19. The zero-order chi connectivity index (χ0) is 16.2. The van der Waals surface area contributed by atoms with Crippen LogP contribution in [0, 0.1) is 0 Å². The van der Waals surface area contributed by atoms with E-state index in [1.807, 2.05) is 60.0 Å². The van der Waals surface area contributed by atoms with Crippen LogP contribution >= 0.6 is 0 Å². The monoisotopic (exact) mass is 309 g/mol. The quantitative estimate of drug-likeness (QED) is 0.657. The standard InChI is InChI=1S/C18H19N3O2/c1-3-15-18(20(13-22)12-14-8-5-4-6-9-14)21-11-7-10-16(23-2)17(21)19-15/h4-11,13H,3,12H2,1-2H3. The van der Waals surface area contributed by atoms with Crippen LogP contribution in [0.15, 0.2) is 48.7 Å². The Bertz CT molecular complexity index is 812. The molecule has 0 saturated carbocycles. The van der Waals surface area contributed by atoms with Gasteiger partial charge in [-0.1, -0.05) is 37.3 Å². The van der Waals surface area contributed by atoms with Gasteiger partial charge in [0.05, 0.1) is 19.3 Å². The molecule has 0 fully saturated rings. The first-order chi connectivity index (χ1) is 11.3. The Balaban J connectivity index is 2.11. The molecule has 2 aromatic heterocycles. The number of carbonyl (C=O) groups is 1. The summed E-state index contributed by atoms with van der Waals surface area (Å²) in [6.45, 7) is 2.53. The summed E-state index contributed by atoms with van der Waals surface area (Å²) in [5.74, 6) is 1.49. The molecule has 0 saturated heterocycles. The highest BCUT2D eigenvalue weighted by Crippen LogP contribution is 2.28. The number of aryl methyl sites for hydroxylation is 1. The molecule has 2 heterocycles. The summed E-state index contributed by atoms with van der Waals surface area (Å²) >= 11 is 0. The second-order valence-electron chi connectivity index (χ2n) is 5.22. The molecule has 0 N–H and O–H groups in total. The lowest BCUT2D eigenvalue weighted by atomic mass is 10.2. The van der Waals surface area contributed by atoms with Crippen molar-refractivity contribution in [3.8, 4) is 5.75 Å². The number of benzene rings is 1. The number of imidazole rings is 1. The van der Waals surface area contributed by atoms with Crippen LogP contribution in [0.1, 0.15) is 18.2 Å². The van der Waals surface area contributed by atoms with Crippen LogP contribution in [0.3, 0.4) is 0 Å². The summed E-state index contributed by atoms with van der Waals surface area (Å²) in [7, 11) is 1.62. The number of aromatic nitrogens is 2. The van der Waals surface area contributed by atoms with Gasteiger partial charge < -0.3 is 4.74 Å². The molecular formula is C18H19N3O2. The summed E-state index contributed by atoms with van der Waals surface area (Å²) in [5, 5.41) is 0. The van der Waals surface area contributed by atoms with E-state index in [2.05, 4.69) is 4.98 Å². The van der Waals surface area contributed by atoms with Crippen molar-refractivity contribution in [3.63, 3.8) is 0 Å². The fourth-order valence-corrected chi connectivity index (χ4v) is 2.72. The predicted octanol–water partition coefficient (Wildman–Crippen LogP) is 3.07. The van der Waals surface area contributed by atoms with E-state index in [9.17, 15) is 4.79 Å². The van der Waals surface area contributed by atoms with Crippen LogP contribution < -0.4 is 9.64 Å². The molecule has 23 heavy (non-hydrogen) atoms. The SMILES string of the molecule is CCc1nc2c(OC)cccn2c1N(C=O)Cc1ccccc1. The number of rotatable bonds is 6. The second kappa shape index (κ2) is 6.52. The highest BCUT2D eigenvalue weighted by atomic mass is 16.5. The molecule has 0 radical (unpaired) electrons. The van der Waals surface area contributed by atoms with E-state index in [0.717, 1.165) is 35.6 Å². The summed E-state index contributed by atoms with van der Waals surface area (Å²) in [4.78, 5) is 18.1. The Kier molecular flexibility index (Phi) is 4.28. The van der Waals surface area contributed by atoms with Crippen LogP contribution in [-0.2, 0) is 17.8 Å². The van der Waals surface area contributed by atoms with Crippen LogP contribution in [0.25, 0.3) is 5.65 Å². The van der Waals surface area contributed by atoms with Gasteiger partial charge in [-0.2, -0.15) is 0 Å². The maximum absolute atomic E-state index is 11.7. The maximum atomic E-state index is 11.7. The average Bonchev–Trinajstić information content (AvgIpc) is 2.99. The van der Waals surface area contributed by atoms with Gasteiger partial charge in [0.2, 0.25) is 6.41 Å². The Morgan fingerprint density at radius 1 is 1.22 bits per heavy atom. The van der Waals surface area contributed by atoms with Crippen LogP contribution in [0.5, 0.6) is 5.75 Å². The Labute approximate surface area is 135 Å². The number of amides is 1. The summed E-state index contributed by atoms with van der Waals surface area (Å²) in [5.41, 5.74) is 2.67. The van der Waals surface area contributed by atoms with E-state index in [1.54, 1.807) is 12.0 Å². The van der Waals surface area contributed by atoms with Gasteiger partial charge in [-0.15, -0.1) is 0 Å². The first-order valence-electron chi connectivity index (χ1n) is 7.58. The highest BCUT2D eigenvalue weighted by molar-refractivity contribution is 5.77. The van der Waals surface area contributed by atoms with Crippen molar-refractivity contribution in [3.05, 3.63) is 59.9 Å². The van der Waals surface area contributed by atoms with E-state index < -0.39 is 0 Å². The molecule has 0 aliphatic heterocycles. The zero-order valence-corrected chi connectivity index (χ0v) is 13.3. The molecule has 118 valence electrons. The van der Waals surface area contributed by atoms with Crippen molar-refractivity contribution < 1.29 is 9.53 Å². The number of fused-ring (bicyclic) bond motifs is 1. The average molecular weight is 309 g/mol. The van der Waals surface area contributed by atoms with Crippen molar-refractivity contribution in [2.45, 2.75) is 19.9 Å². The van der Waals surface area contributed by atoms with Crippen molar-refractivity contribution >= 4 is 17.9 Å². The summed E-state index contributed by atoms with van der Waals surface area (Å²) < 4.78 is 7.29. The molecule has 3 rings (SSSR count). The largest absolute Gasteiger partial charge is 0.493 e. The Morgan fingerprint density at radius 2 is 2.00 bits per heavy atom. The third kappa shape index (κ3) is 2.77. The van der Waals surface area contributed by atoms with Crippen LogP contribution in [0.4, 0.5) is 5.82 Å². The van der Waals surface area contributed by atoms with E-state index in [-0.39, 0.29) is 0 Å². The number of anilines is 1. The number of methoxy groups -OCH3 is 1. The molecule has 1 aromatic carbocycles. The topological polar surface area (TPSA) is 46.8 Å². The first-order valence-corrected chi connectivity index (χ1v) is 7.58. The summed E-state index contributed by atoms with van der Waals surface area (Å²) in [6, 6.07) is 13.7. The molecule has 3 aromatic rings. The molecular weight excluding hydrogens is 290 g/mol. The van der Waals surface area contributed by atoms with E-state index >= 15 is 0 Å². The minimum Gasteiger partial charge on any atom is -0.493 e. The normalized spacial score (nSPS) is 10.7. The van der Waals surface area contributed by atoms with Crippen LogP contribution in [-0.4, -0.2) is 22.9 Å². The first kappa shape index (κ1) is 15.1. The summed E-state index contributed by atoms with van der Waals surface area (Å²) in [6.07, 6.45) is 3.50. The van der Waals surface area contributed by atoms with Crippen LogP contribution in [0.2, 0.25) is 0 Å². The molecule has 0 atom stereocenters. The minimum atomic E-state index is 0.502. The van der Waals surface area contributed by atoms with Crippen molar-refractivity contribution in [2.24, 2.45) is 0 Å². The lowest BCUT2D eigenvalue weighted by molar-refractivity contribution is -0.107. The molecule has 0 aliphatic carbocycles. The lowest BCUT2D eigenvalue weighted by Gasteiger charge is -2.18. The van der Waals surface area contributed by atoms with Gasteiger partial charge in [0.1, 0.15) is 5.82 Å². The fourth-order valence-electron chi connectivity index (χ4n) is 2.72. The number of carbonyl (C=O) groups excluding carboxylic acids is 1. The second-order valence-corrected chi connectivity index (χ2v) is 5.22. The zero-order valence-electron chi connectivity index (χ0n) is 13.3. The Hall–Kier alpha value is -2.82. The van der Waals surface area contributed by atoms with Gasteiger partial charge in [-0.05, 0) is 24.1 Å². The molecule has 1 amide bonds. The van der Waals surface area contributed by atoms with Crippen molar-refractivity contribution in [1.82, 2.24) is 9.38 Å². The molecule has 0 bridgehead atoms. The van der Waals surface area contributed by atoms with Gasteiger partial charge in [-0.3, -0.25) is 14.1 Å². The molecule has 5 heteroatoms. The number of hydrogen-bond acceptors (Lipinski definition) is 3. The van der Waals surface area contributed by atoms with Gasteiger partial charge >= 0.3 is 0 Å². The third-order valence-corrected chi connectivity index (χ3v) is 3.81. The predicted molar refractivity (Wildman–Crippen MR) is 89.8 cm³/mol. The van der Waals surface area contributed by atoms with Gasteiger partial charge in [0.15, 0.2) is 11.4 Å². The molecule has 0 spiro atoms. The third-order valence-electron chi connectivity index (χ3n) is 3.81. The number of nitrogens with zero attached hydrogens (tertiary/aromatic N) is 3. The molecule has 0 aliphatic rings. The fraction of sp³-hybridized carbons (Fsp3) is 0.222. The number of ether oxygens (including phenoxy) is 1. The maximum Gasteiger partial charge on any atom is 0.215 e. The molecule has 0 unspecified atom stereocenters. The molecule has 5 nitrogen and oxygen atoms in total. The van der Waals surface area contributed by atoms with Crippen molar-refractivity contribution in [1.29, 1.82) is 0 Å². The van der Waals surface area contributed by atoms with E-state index in [1.165, 1.54) is 0 Å². The number of pyridine rings is 1. The number of hydrogen-bond donors (Lipinski definition) is 0. The Morgan fingerprint density at radius 3 is 2.65 bits per heavy atom. The minimum absolute atomic E-state index is 0.502. The van der Waals surface area contributed by atoms with E-state index in [4.69, 9.17) is 4.74 Å². The smallest absolute Gasteiger partial charge is 0.215 e. The van der Waals surface area contributed by atoms with Gasteiger partial charge in [-0.25, -0.2) is 4.98 Å². The van der Waals surface area contributed by atoms with E-state index in [0.29, 0.717) is 12.3 Å². The lowest BCUT2D eigenvalue weighted by Crippen LogP contribution is -2.23. The van der Waals surface area contributed by atoms with Gasteiger partial charge in [0.25, 0.3) is 0 Å². The van der Waals surface area contributed by atoms with Crippen molar-refractivity contribution in [2.75, 3.05) is 12.0 Å².